The van der Waals surface area contributed by atoms with Crippen LogP contribution >= 0.6 is 0 Å². The summed E-state index contributed by atoms with van der Waals surface area (Å²) in [5.41, 5.74) is 0. The minimum Gasteiger partial charge on any atom is -0.494 e. The lowest BCUT2D eigenvalue weighted by Crippen LogP contribution is -2.52. The molecule has 2 unspecified atom stereocenters. The van der Waals surface area contributed by atoms with Crippen molar-refractivity contribution in [1.82, 2.24) is 10.2 Å². The number of fused-ring (bicyclic) bond motifs is 1. The number of nitrogens with zero attached hydrogens (tertiary/aromatic N) is 1. The molecule has 0 radical (unpaired) electrons. The second-order valence-corrected chi connectivity index (χ2v) is 6.07. The standard InChI is InChI=1S/C17H26N2O/c1-2-7-16(8-3-1)20-13-5-11-19-12-9-17-15(14-19)6-4-10-18-17/h1-3,7-8,15,17-18H,4-6,9-14H2. The van der Waals surface area contributed by atoms with E-state index in [1.165, 1.54) is 45.4 Å². The Labute approximate surface area is 122 Å². The highest BCUT2D eigenvalue weighted by atomic mass is 16.5. The fraction of sp³-hybridized carbons (Fsp3) is 0.647. The Morgan fingerprint density at radius 1 is 1.20 bits per heavy atom. The highest BCUT2D eigenvalue weighted by Crippen LogP contribution is 2.24. The van der Waals surface area contributed by atoms with Gasteiger partial charge in [-0.15, -0.1) is 0 Å². The number of nitrogens with one attached hydrogen (secondary N) is 1. The number of ether oxygens (including phenoxy) is 1. The van der Waals surface area contributed by atoms with Gasteiger partial charge < -0.3 is 15.0 Å². The van der Waals surface area contributed by atoms with Gasteiger partial charge in [0.15, 0.2) is 0 Å². The van der Waals surface area contributed by atoms with Gasteiger partial charge in [-0.3, -0.25) is 0 Å². The highest BCUT2D eigenvalue weighted by molar-refractivity contribution is 5.20. The summed E-state index contributed by atoms with van der Waals surface area (Å²) in [6.07, 6.45) is 5.21. The van der Waals surface area contributed by atoms with Crippen molar-refractivity contribution in [3.63, 3.8) is 0 Å². The van der Waals surface area contributed by atoms with Gasteiger partial charge in [0, 0.05) is 19.1 Å². The molecule has 2 fully saturated rings. The van der Waals surface area contributed by atoms with Crippen LogP contribution in [0.25, 0.3) is 0 Å². The van der Waals surface area contributed by atoms with E-state index >= 15 is 0 Å². The summed E-state index contributed by atoms with van der Waals surface area (Å²) in [6, 6.07) is 10.9. The number of benzene rings is 1. The van der Waals surface area contributed by atoms with E-state index < -0.39 is 0 Å². The van der Waals surface area contributed by atoms with E-state index in [9.17, 15) is 0 Å². The molecule has 2 saturated heterocycles. The van der Waals surface area contributed by atoms with Crippen molar-refractivity contribution in [2.24, 2.45) is 5.92 Å². The molecular weight excluding hydrogens is 248 g/mol. The molecule has 3 nitrogen and oxygen atoms in total. The number of likely N-dealkylation sites (tertiary alicyclic amines) is 1. The van der Waals surface area contributed by atoms with Gasteiger partial charge in [-0.1, -0.05) is 18.2 Å². The molecule has 0 saturated carbocycles. The third-order valence-corrected chi connectivity index (χ3v) is 4.61. The Bertz CT molecular complexity index is 395. The second-order valence-electron chi connectivity index (χ2n) is 6.07. The van der Waals surface area contributed by atoms with Crippen molar-refractivity contribution < 1.29 is 4.74 Å². The fourth-order valence-electron chi connectivity index (χ4n) is 3.52. The molecule has 0 spiro atoms. The molecule has 0 amide bonds. The Morgan fingerprint density at radius 3 is 3.00 bits per heavy atom. The zero-order valence-corrected chi connectivity index (χ0v) is 12.3. The third-order valence-electron chi connectivity index (χ3n) is 4.61. The van der Waals surface area contributed by atoms with Gasteiger partial charge in [0.1, 0.15) is 5.75 Å². The molecule has 2 aliphatic heterocycles. The molecule has 0 aliphatic carbocycles. The monoisotopic (exact) mass is 274 g/mol. The average molecular weight is 274 g/mol. The van der Waals surface area contributed by atoms with Gasteiger partial charge in [-0.2, -0.15) is 0 Å². The maximum absolute atomic E-state index is 5.76. The van der Waals surface area contributed by atoms with Crippen LogP contribution in [0.3, 0.4) is 0 Å². The van der Waals surface area contributed by atoms with Gasteiger partial charge in [0.2, 0.25) is 0 Å². The summed E-state index contributed by atoms with van der Waals surface area (Å²) in [7, 11) is 0. The molecule has 1 N–H and O–H groups in total. The molecular formula is C17H26N2O. The van der Waals surface area contributed by atoms with Crippen molar-refractivity contribution in [3.8, 4) is 5.75 Å². The molecule has 1 aromatic rings. The summed E-state index contributed by atoms with van der Waals surface area (Å²) >= 11 is 0. The van der Waals surface area contributed by atoms with E-state index in [0.29, 0.717) is 0 Å². The third kappa shape index (κ3) is 3.74. The van der Waals surface area contributed by atoms with Gasteiger partial charge >= 0.3 is 0 Å². The number of rotatable bonds is 5. The van der Waals surface area contributed by atoms with Crippen LogP contribution in [0, 0.1) is 5.92 Å². The van der Waals surface area contributed by atoms with Crippen LogP contribution in [-0.2, 0) is 0 Å². The predicted molar refractivity (Wildman–Crippen MR) is 82.1 cm³/mol. The van der Waals surface area contributed by atoms with Crippen molar-refractivity contribution in [3.05, 3.63) is 30.3 Å². The van der Waals surface area contributed by atoms with Crippen LogP contribution in [0.4, 0.5) is 0 Å². The van der Waals surface area contributed by atoms with Crippen molar-refractivity contribution in [2.75, 3.05) is 32.8 Å². The maximum atomic E-state index is 5.76. The molecule has 20 heavy (non-hydrogen) atoms. The number of piperidine rings is 2. The van der Waals surface area contributed by atoms with Crippen molar-refractivity contribution >= 4 is 0 Å². The first-order chi connectivity index (χ1) is 9.92. The smallest absolute Gasteiger partial charge is 0.119 e. The van der Waals surface area contributed by atoms with E-state index in [1.807, 2.05) is 30.3 Å². The van der Waals surface area contributed by atoms with E-state index in [4.69, 9.17) is 4.74 Å². The molecule has 3 rings (SSSR count). The first kappa shape index (κ1) is 13.9. The topological polar surface area (TPSA) is 24.5 Å². The summed E-state index contributed by atoms with van der Waals surface area (Å²) in [6.45, 7) is 5.76. The summed E-state index contributed by atoms with van der Waals surface area (Å²) in [4.78, 5) is 2.63. The number of hydrogen-bond donors (Lipinski definition) is 1. The first-order valence-electron chi connectivity index (χ1n) is 8.05. The molecule has 110 valence electrons. The minimum absolute atomic E-state index is 0.792. The van der Waals surface area contributed by atoms with Gasteiger partial charge in [0.05, 0.1) is 6.61 Å². The maximum Gasteiger partial charge on any atom is 0.119 e. The molecule has 3 heteroatoms. The molecule has 2 heterocycles. The van der Waals surface area contributed by atoms with Gasteiger partial charge in [-0.05, 0) is 56.8 Å². The number of para-hydroxylation sites is 1. The van der Waals surface area contributed by atoms with Crippen molar-refractivity contribution in [1.29, 1.82) is 0 Å². The van der Waals surface area contributed by atoms with Crippen LogP contribution in [0.15, 0.2) is 30.3 Å². The Morgan fingerprint density at radius 2 is 2.10 bits per heavy atom. The Hall–Kier alpha value is -1.06. The highest BCUT2D eigenvalue weighted by Gasteiger charge is 2.30. The van der Waals surface area contributed by atoms with E-state index in [0.717, 1.165) is 30.7 Å². The fourth-order valence-corrected chi connectivity index (χ4v) is 3.52. The molecule has 2 aliphatic rings. The quantitative estimate of drug-likeness (QED) is 0.835. The summed E-state index contributed by atoms with van der Waals surface area (Å²) < 4.78 is 5.76. The van der Waals surface area contributed by atoms with Crippen LogP contribution in [-0.4, -0.2) is 43.7 Å². The minimum atomic E-state index is 0.792. The summed E-state index contributed by atoms with van der Waals surface area (Å²) in [5.74, 6) is 1.87. The second kappa shape index (κ2) is 7.09. The SMILES string of the molecule is c1ccc(OCCCN2CCC3NCCCC3C2)cc1. The molecule has 0 bridgehead atoms. The first-order valence-corrected chi connectivity index (χ1v) is 8.05. The zero-order chi connectivity index (χ0) is 13.6. The number of hydrogen-bond acceptors (Lipinski definition) is 3. The normalized spacial score (nSPS) is 27.0. The lowest BCUT2D eigenvalue weighted by atomic mass is 9.85. The van der Waals surface area contributed by atoms with E-state index in [-0.39, 0.29) is 0 Å². The van der Waals surface area contributed by atoms with Gasteiger partial charge in [0.25, 0.3) is 0 Å². The Balaban J connectivity index is 1.35. The zero-order valence-electron chi connectivity index (χ0n) is 12.3. The molecule has 2 atom stereocenters. The predicted octanol–water partition coefficient (Wildman–Crippen LogP) is 2.53. The molecule has 0 aromatic heterocycles. The van der Waals surface area contributed by atoms with Gasteiger partial charge in [-0.25, -0.2) is 0 Å². The largest absolute Gasteiger partial charge is 0.494 e. The van der Waals surface area contributed by atoms with E-state index in [1.54, 1.807) is 0 Å². The Kier molecular flexibility index (Phi) is 4.93. The van der Waals surface area contributed by atoms with Crippen LogP contribution in [0.5, 0.6) is 5.75 Å². The molecule has 1 aromatic carbocycles. The summed E-state index contributed by atoms with van der Waals surface area (Å²) in [5, 5.41) is 3.68. The van der Waals surface area contributed by atoms with Crippen LogP contribution < -0.4 is 10.1 Å². The van der Waals surface area contributed by atoms with E-state index in [2.05, 4.69) is 10.2 Å². The van der Waals surface area contributed by atoms with Crippen molar-refractivity contribution in [2.45, 2.75) is 31.7 Å². The lowest BCUT2D eigenvalue weighted by Gasteiger charge is -2.41. The van der Waals surface area contributed by atoms with Crippen LogP contribution in [0.2, 0.25) is 0 Å². The van der Waals surface area contributed by atoms with Crippen LogP contribution in [0.1, 0.15) is 25.7 Å². The lowest BCUT2D eigenvalue weighted by molar-refractivity contribution is 0.109. The average Bonchev–Trinajstić information content (AvgIpc) is 2.52.